The molecule has 1 heterocycles. The summed E-state index contributed by atoms with van der Waals surface area (Å²) < 4.78 is 4.92. The fourth-order valence-corrected chi connectivity index (χ4v) is 1.56. The average molecular weight is 248 g/mol. The van der Waals surface area contributed by atoms with E-state index in [1.807, 2.05) is 0 Å². The molecule has 90 valence electrons. The fraction of sp³-hybridized carbons (Fsp3) is 0.417. The molecule has 0 fully saturated rings. The Bertz CT molecular complexity index is 495. The zero-order valence-corrected chi connectivity index (χ0v) is 11.8. The summed E-state index contributed by atoms with van der Waals surface area (Å²) in [4.78, 5) is 19.0. The van der Waals surface area contributed by atoms with Gasteiger partial charge in [-0.2, -0.15) is 4.98 Å². The van der Waals surface area contributed by atoms with E-state index in [0.29, 0.717) is 11.5 Å². The van der Waals surface area contributed by atoms with Gasteiger partial charge in [-0.05, 0) is 6.92 Å². The molecule has 1 aromatic rings. The maximum absolute atomic E-state index is 10.8. The third-order valence-corrected chi connectivity index (χ3v) is 2.50. The number of carbonyl (C=O) groups excluding carboxylic acids is 1. The Labute approximate surface area is 102 Å². The molecule has 4 nitrogen and oxygen atoms in total. The molecule has 0 aliphatic carbocycles. The quantitative estimate of drug-likeness (QED) is 0.433. The summed E-state index contributed by atoms with van der Waals surface area (Å²) in [5.41, 5.74) is 3.80. The molecule has 0 unspecified atom stereocenters. The Morgan fingerprint density at radius 1 is 1.35 bits per heavy atom. The summed E-state index contributed by atoms with van der Waals surface area (Å²) in [6.07, 6.45) is 0. The van der Waals surface area contributed by atoms with Gasteiger partial charge in [0.1, 0.15) is 19.6 Å². The summed E-state index contributed by atoms with van der Waals surface area (Å²) in [6.45, 7) is 9.54. The number of nitrogens with zero attached hydrogens (tertiary/aromatic N) is 2. The normalized spacial score (nSPS) is 10.4. The van der Waals surface area contributed by atoms with E-state index in [4.69, 9.17) is 4.74 Å². The van der Waals surface area contributed by atoms with Crippen molar-refractivity contribution in [3.8, 4) is 17.3 Å². The summed E-state index contributed by atoms with van der Waals surface area (Å²) in [6, 6.07) is 1.58. The SMILES string of the molecule is CC(=O)Oc1cc(C#C[Si](C)(C)C)nc(C)n1. The van der Waals surface area contributed by atoms with Gasteiger partial charge in [-0.1, -0.05) is 25.6 Å². The van der Waals surface area contributed by atoms with Crippen molar-refractivity contribution in [1.82, 2.24) is 9.97 Å². The van der Waals surface area contributed by atoms with E-state index in [9.17, 15) is 4.79 Å². The Hall–Kier alpha value is -1.67. The highest BCUT2D eigenvalue weighted by molar-refractivity contribution is 6.83. The van der Waals surface area contributed by atoms with Crippen molar-refractivity contribution in [1.29, 1.82) is 0 Å². The van der Waals surface area contributed by atoms with Crippen LogP contribution in [0, 0.1) is 18.4 Å². The highest BCUT2D eigenvalue weighted by Gasteiger charge is 2.08. The van der Waals surface area contributed by atoms with Crippen LogP contribution in [0.3, 0.4) is 0 Å². The van der Waals surface area contributed by atoms with Gasteiger partial charge in [-0.3, -0.25) is 4.79 Å². The maximum Gasteiger partial charge on any atom is 0.309 e. The van der Waals surface area contributed by atoms with Crippen LogP contribution in [0.15, 0.2) is 6.07 Å². The van der Waals surface area contributed by atoms with Crippen LogP contribution in [-0.2, 0) is 4.79 Å². The molecule has 0 saturated carbocycles. The monoisotopic (exact) mass is 248 g/mol. The van der Waals surface area contributed by atoms with Crippen LogP contribution in [0.1, 0.15) is 18.4 Å². The summed E-state index contributed by atoms with van der Waals surface area (Å²) in [5, 5.41) is 0. The van der Waals surface area contributed by atoms with Gasteiger partial charge in [0.25, 0.3) is 0 Å². The number of ether oxygens (including phenoxy) is 1. The van der Waals surface area contributed by atoms with Crippen LogP contribution >= 0.6 is 0 Å². The van der Waals surface area contributed by atoms with Gasteiger partial charge in [0.15, 0.2) is 0 Å². The maximum atomic E-state index is 10.8. The van der Waals surface area contributed by atoms with Crippen molar-refractivity contribution in [2.24, 2.45) is 0 Å². The van der Waals surface area contributed by atoms with Crippen LogP contribution in [0.2, 0.25) is 19.6 Å². The number of esters is 1. The lowest BCUT2D eigenvalue weighted by Crippen LogP contribution is -2.16. The van der Waals surface area contributed by atoms with Gasteiger partial charge in [0.05, 0.1) is 0 Å². The predicted octanol–water partition coefficient (Wildman–Crippen LogP) is 1.94. The van der Waals surface area contributed by atoms with E-state index in [0.717, 1.165) is 0 Å². The zero-order chi connectivity index (χ0) is 13.1. The Kier molecular flexibility index (Phi) is 4.02. The lowest BCUT2D eigenvalue weighted by atomic mass is 10.4. The zero-order valence-electron chi connectivity index (χ0n) is 10.8. The second kappa shape index (κ2) is 5.10. The van der Waals surface area contributed by atoms with E-state index >= 15 is 0 Å². The first kappa shape index (κ1) is 13.4. The Morgan fingerprint density at radius 3 is 2.53 bits per heavy atom. The summed E-state index contributed by atoms with van der Waals surface area (Å²) in [7, 11) is -1.44. The minimum absolute atomic E-state index is 0.255. The van der Waals surface area contributed by atoms with E-state index in [1.165, 1.54) is 6.92 Å². The van der Waals surface area contributed by atoms with Crippen LogP contribution in [0.25, 0.3) is 0 Å². The number of aryl methyl sites for hydroxylation is 1. The number of hydrogen-bond donors (Lipinski definition) is 0. The number of aromatic nitrogens is 2. The predicted molar refractivity (Wildman–Crippen MR) is 68.3 cm³/mol. The smallest absolute Gasteiger partial charge is 0.309 e. The fourth-order valence-electron chi connectivity index (χ4n) is 1.06. The summed E-state index contributed by atoms with van der Waals surface area (Å²) >= 11 is 0. The van der Waals surface area contributed by atoms with Crippen molar-refractivity contribution >= 4 is 14.0 Å². The first-order valence-electron chi connectivity index (χ1n) is 5.33. The van der Waals surface area contributed by atoms with Crippen molar-refractivity contribution < 1.29 is 9.53 Å². The molecule has 1 aromatic heterocycles. The third kappa shape index (κ3) is 5.27. The van der Waals surface area contributed by atoms with Gasteiger partial charge >= 0.3 is 5.97 Å². The number of hydrogen-bond acceptors (Lipinski definition) is 4. The largest absolute Gasteiger partial charge is 0.407 e. The molecular weight excluding hydrogens is 232 g/mol. The van der Waals surface area contributed by atoms with Crippen LogP contribution < -0.4 is 4.74 Å². The molecule has 0 radical (unpaired) electrons. The van der Waals surface area contributed by atoms with E-state index in [1.54, 1.807) is 13.0 Å². The first-order chi connectivity index (χ1) is 7.76. The standard InChI is InChI=1S/C12H16N2O2Si/c1-9-13-11(6-7-17(3,4)5)8-12(14-9)16-10(2)15/h8H,1-5H3. The number of rotatable bonds is 1. The van der Waals surface area contributed by atoms with E-state index in [2.05, 4.69) is 41.1 Å². The molecule has 0 spiro atoms. The topological polar surface area (TPSA) is 52.1 Å². The molecule has 0 atom stereocenters. The van der Waals surface area contributed by atoms with Crippen LogP contribution in [-0.4, -0.2) is 24.0 Å². The molecule has 1 rings (SSSR count). The van der Waals surface area contributed by atoms with E-state index < -0.39 is 14.0 Å². The van der Waals surface area contributed by atoms with Gasteiger partial charge in [0.2, 0.25) is 5.88 Å². The van der Waals surface area contributed by atoms with Crippen LogP contribution in [0.4, 0.5) is 0 Å². The Morgan fingerprint density at radius 2 is 2.00 bits per heavy atom. The van der Waals surface area contributed by atoms with Crippen molar-refractivity contribution in [2.75, 3.05) is 0 Å². The van der Waals surface area contributed by atoms with Crippen molar-refractivity contribution in [3.63, 3.8) is 0 Å². The third-order valence-electron chi connectivity index (χ3n) is 1.63. The highest BCUT2D eigenvalue weighted by atomic mass is 28.3. The molecule has 0 N–H and O–H groups in total. The highest BCUT2D eigenvalue weighted by Crippen LogP contribution is 2.09. The van der Waals surface area contributed by atoms with Gasteiger partial charge < -0.3 is 4.74 Å². The van der Waals surface area contributed by atoms with Crippen LogP contribution in [0.5, 0.6) is 5.88 Å². The second-order valence-corrected chi connectivity index (χ2v) is 9.48. The van der Waals surface area contributed by atoms with Gasteiger partial charge in [0, 0.05) is 13.0 Å². The lowest BCUT2D eigenvalue weighted by molar-refractivity contribution is -0.132. The van der Waals surface area contributed by atoms with Gasteiger partial charge in [-0.25, -0.2) is 4.98 Å². The molecule has 0 bridgehead atoms. The molecule has 0 amide bonds. The number of carbonyl (C=O) groups is 1. The lowest BCUT2D eigenvalue weighted by Gasteiger charge is -2.04. The van der Waals surface area contributed by atoms with Crippen molar-refractivity contribution in [3.05, 3.63) is 17.6 Å². The molecule has 0 aliphatic heterocycles. The Balaban J connectivity index is 3.04. The van der Waals surface area contributed by atoms with E-state index in [-0.39, 0.29) is 5.88 Å². The molecule has 0 saturated heterocycles. The molecule has 0 aromatic carbocycles. The average Bonchev–Trinajstić information content (AvgIpc) is 2.11. The molecule has 0 aliphatic rings. The van der Waals surface area contributed by atoms with Crippen molar-refractivity contribution in [2.45, 2.75) is 33.5 Å². The minimum Gasteiger partial charge on any atom is -0.407 e. The molecule has 17 heavy (non-hydrogen) atoms. The van der Waals surface area contributed by atoms with Gasteiger partial charge in [-0.15, -0.1) is 5.54 Å². The first-order valence-corrected chi connectivity index (χ1v) is 8.83. The minimum atomic E-state index is -1.44. The second-order valence-electron chi connectivity index (χ2n) is 4.73. The molecule has 5 heteroatoms. The summed E-state index contributed by atoms with van der Waals surface area (Å²) in [5.74, 6) is 3.41. The molecular formula is C12H16N2O2Si.